The first-order chi connectivity index (χ1) is 8.50. The zero-order chi connectivity index (χ0) is 13.5. The van der Waals surface area contributed by atoms with Gasteiger partial charge in [0.25, 0.3) is 5.91 Å². The van der Waals surface area contributed by atoms with Crippen molar-refractivity contribution in [3.63, 3.8) is 0 Å². The van der Waals surface area contributed by atoms with E-state index in [0.717, 1.165) is 0 Å². The van der Waals surface area contributed by atoms with Gasteiger partial charge in [0.15, 0.2) is 0 Å². The number of hydrogen-bond donors (Lipinski definition) is 1. The number of hydroxylamine groups is 1. The predicted molar refractivity (Wildman–Crippen MR) is 74.4 cm³/mol. The summed E-state index contributed by atoms with van der Waals surface area (Å²) in [5.74, 6) is -0.000992. The van der Waals surface area contributed by atoms with E-state index in [0.29, 0.717) is 28.1 Å². The average molecular weight is 288 g/mol. The number of nitrogens with one attached hydrogen (secondary N) is 1. The van der Waals surface area contributed by atoms with Crippen molar-refractivity contribution < 1.29 is 9.63 Å². The largest absolute Gasteiger partial charge is 0.273 e. The Kier molecular flexibility index (Phi) is 6.19. The van der Waals surface area contributed by atoms with Crippen molar-refractivity contribution in [1.29, 1.82) is 0 Å². The Balaban J connectivity index is 2.56. The molecule has 1 aromatic carbocycles. The smallest absolute Gasteiger partial charge is 0.267 e. The number of hydrogen-bond acceptors (Lipinski definition) is 2. The van der Waals surface area contributed by atoms with E-state index < -0.39 is 0 Å². The zero-order valence-corrected chi connectivity index (χ0v) is 11.8. The molecule has 1 N–H and O–H groups in total. The van der Waals surface area contributed by atoms with Crippen LogP contribution in [0, 0.1) is 5.92 Å². The fourth-order valence-corrected chi connectivity index (χ4v) is 1.67. The summed E-state index contributed by atoms with van der Waals surface area (Å²) in [6.07, 6.45) is 2.88. The topological polar surface area (TPSA) is 38.3 Å². The fraction of sp³-hybridized carbons (Fsp3) is 0.308. The minimum Gasteiger partial charge on any atom is -0.273 e. The molecule has 3 nitrogen and oxygen atoms in total. The third-order valence-electron chi connectivity index (χ3n) is 1.99. The van der Waals surface area contributed by atoms with Gasteiger partial charge in [0, 0.05) is 21.7 Å². The second kappa shape index (κ2) is 7.41. The van der Waals surface area contributed by atoms with E-state index in [2.05, 4.69) is 5.48 Å². The van der Waals surface area contributed by atoms with Crippen LogP contribution >= 0.6 is 23.2 Å². The molecule has 0 aliphatic heterocycles. The molecule has 0 aromatic heterocycles. The highest BCUT2D eigenvalue weighted by Crippen LogP contribution is 2.25. The molecule has 1 aromatic rings. The van der Waals surface area contributed by atoms with Crippen LogP contribution < -0.4 is 5.48 Å². The van der Waals surface area contributed by atoms with E-state index in [1.807, 2.05) is 13.8 Å². The normalized spacial score (nSPS) is 11.2. The van der Waals surface area contributed by atoms with Gasteiger partial charge >= 0.3 is 0 Å². The quantitative estimate of drug-likeness (QED) is 0.662. The fourth-order valence-electron chi connectivity index (χ4n) is 1.14. The van der Waals surface area contributed by atoms with Gasteiger partial charge in [0.1, 0.15) is 0 Å². The summed E-state index contributed by atoms with van der Waals surface area (Å²) in [6.45, 7) is 4.45. The Morgan fingerprint density at radius 1 is 1.39 bits per heavy atom. The maximum atomic E-state index is 11.4. The Morgan fingerprint density at radius 3 is 2.56 bits per heavy atom. The number of halogens is 2. The van der Waals surface area contributed by atoms with E-state index in [1.165, 1.54) is 6.08 Å². The van der Waals surface area contributed by atoms with Crippen molar-refractivity contribution in [3.8, 4) is 0 Å². The van der Waals surface area contributed by atoms with E-state index >= 15 is 0 Å². The van der Waals surface area contributed by atoms with Gasteiger partial charge in [-0.15, -0.1) is 0 Å². The maximum absolute atomic E-state index is 11.4. The lowest BCUT2D eigenvalue weighted by atomic mass is 10.2. The summed E-state index contributed by atoms with van der Waals surface area (Å²) in [6, 6.07) is 5.16. The van der Waals surface area contributed by atoms with Crippen molar-refractivity contribution in [2.45, 2.75) is 13.8 Å². The van der Waals surface area contributed by atoms with Gasteiger partial charge in [-0.05, 0) is 24.1 Å². The number of benzene rings is 1. The molecule has 1 amide bonds. The van der Waals surface area contributed by atoms with Crippen LogP contribution in [0.2, 0.25) is 10.0 Å². The molecule has 0 unspecified atom stereocenters. The number of amides is 1. The highest BCUT2D eigenvalue weighted by Gasteiger charge is 2.02. The Labute approximate surface area is 117 Å². The minimum atomic E-state index is -0.355. The average Bonchev–Trinajstić information content (AvgIpc) is 2.27. The van der Waals surface area contributed by atoms with Crippen LogP contribution in [0.25, 0.3) is 6.08 Å². The van der Waals surface area contributed by atoms with E-state index in [9.17, 15) is 4.79 Å². The second-order valence-electron chi connectivity index (χ2n) is 4.14. The first-order valence-corrected chi connectivity index (χ1v) is 6.30. The van der Waals surface area contributed by atoms with E-state index in [4.69, 9.17) is 28.0 Å². The van der Waals surface area contributed by atoms with Gasteiger partial charge in [-0.1, -0.05) is 43.1 Å². The third kappa shape index (κ3) is 5.08. The van der Waals surface area contributed by atoms with Gasteiger partial charge in [-0.25, -0.2) is 5.48 Å². The van der Waals surface area contributed by atoms with Gasteiger partial charge in [0.2, 0.25) is 0 Å². The number of carbonyl (C=O) groups is 1. The van der Waals surface area contributed by atoms with Crippen LogP contribution in [0.5, 0.6) is 0 Å². The molecule has 0 atom stereocenters. The molecule has 0 fully saturated rings. The third-order valence-corrected chi connectivity index (χ3v) is 2.65. The van der Waals surface area contributed by atoms with Crippen molar-refractivity contribution >= 4 is 35.2 Å². The Hall–Kier alpha value is -1.03. The molecule has 0 aliphatic rings. The Morgan fingerprint density at radius 2 is 2.00 bits per heavy atom. The molecule has 98 valence electrons. The molecule has 5 heteroatoms. The summed E-state index contributed by atoms with van der Waals surface area (Å²) in [5, 5.41) is 0.990. The molecule has 0 spiro atoms. The second-order valence-corrected chi connectivity index (χ2v) is 4.95. The van der Waals surface area contributed by atoms with Crippen molar-refractivity contribution in [2.24, 2.45) is 5.92 Å². The highest BCUT2D eigenvalue weighted by atomic mass is 35.5. The molecule has 1 rings (SSSR count). The van der Waals surface area contributed by atoms with Crippen LogP contribution in [0.3, 0.4) is 0 Å². The lowest BCUT2D eigenvalue weighted by molar-refractivity contribution is -0.129. The summed E-state index contributed by atoms with van der Waals surface area (Å²) in [4.78, 5) is 16.4. The van der Waals surface area contributed by atoms with Crippen molar-refractivity contribution in [2.75, 3.05) is 6.61 Å². The molecular formula is C13H15Cl2NO2. The molecule has 0 radical (unpaired) electrons. The summed E-state index contributed by atoms with van der Waals surface area (Å²) < 4.78 is 0. The Bertz CT molecular complexity index is 424. The monoisotopic (exact) mass is 287 g/mol. The minimum absolute atomic E-state index is 0.354. The molecule has 0 bridgehead atoms. The lowest BCUT2D eigenvalue weighted by Crippen LogP contribution is -2.23. The summed E-state index contributed by atoms with van der Waals surface area (Å²) >= 11 is 11.9. The van der Waals surface area contributed by atoms with Crippen LogP contribution in [-0.4, -0.2) is 12.5 Å². The van der Waals surface area contributed by atoms with E-state index in [-0.39, 0.29) is 5.91 Å². The van der Waals surface area contributed by atoms with Gasteiger partial charge < -0.3 is 0 Å². The lowest BCUT2D eigenvalue weighted by Gasteiger charge is -2.05. The number of rotatable bonds is 5. The first-order valence-electron chi connectivity index (χ1n) is 5.54. The molecule has 0 heterocycles. The van der Waals surface area contributed by atoms with E-state index in [1.54, 1.807) is 24.3 Å². The van der Waals surface area contributed by atoms with Gasteiger partial charge in [-0.2, -0.15) is 0 Å². The summed E-state index contributed by atoms with van der Waals surface area (Å²) in [7, 11) is 0. The first kappa shape index (κ1) is 15.0. The maximum Gasteiger partial charge on any atom is 0.267 e. The highest BCUT2D eigenvalue weighted by molar-refractivity contribution is 6.37. The SMILES string of the molecule is CC(C)CONC(=O)/C=C/c1c(Cl)cccc1Cl. The molecular weight excluding hydrogens is 273 g/mol. The summed E-state index contributed by atoms with van der Waals surface area (Å²) in [5.41, 5.74) is 2.92. The van der Waals surface area contributed by atoms with Crippen LogP contribution in [-0.2, 0) is 9.63 Å². The van der Waals surface area contributed by atoms with Gasteiger partial charge in [0.05, 0.1) is 6.61 Å². The predicted octanol–water partition coefficient (Wildman–Crippen LogP) is 3.71. The van der Waals surface area contributed by atoms with Crippen LogP contribution in [0.1, 0.15) is 19.4 Å². The van der Waals surface area contributed by atoms with Crippen LogP contribution in [0.4, 0.5) is 0 Å². The number of carbonyl (C=O) groups excluding carboxylic acids is 1. The van der Waals surface area contributed by atoms with Gasteiger partial charge in [-0.3, -0.25) is 9.63 Å². The standard InChI is InChI=1S/C13H15Cl2NO2/c1-9(2)8-18-16-13(17)7-6-10-11(14)4-3-5-12(10)15/h3-7,9H,8H2,1-2H3,(H,16,17)/b7-6+. The molecule has 0 saturated carbocycles. The molecule has 18 heavy (non-hydrogen) atoms. The van der Waals surface area contributed by atoms with Crippen molar-refractivity contribution in [3.05, 3.63) is 39.9 Å². The van der Waals surface area contributed by atoms with Crippen molar-refractivity contribution in [1.82, 2.24) is 5.48 Å². The molecule has 0 saturated heterocycles. The molecule has 0 aliphatic carbocycles. The zero-order valence-electron chi connectivity index (χ0n) is 10.2. The van der Waals surface area contributed by atoms with Crippen LogP contribution in [0.15, 0.2) is 24.3 Å².